The van der Waals surface area contributed by atoms with Crippen LogP contribution in [-0.4, -0.2) is 58.8 Å². The molecule has 0 radical (unpaired) electrons. The topological polar surface area (TPSA) is 42.0 Å². The Bertz CT molecular complexity index is 1180. The lowest BCUT2D eigenvalue weighted by Gasteiger charge is -2.42. The number of hydrogen-bond donors (Lipinski definition) is 1. The van der Waals surface area contributed by atoms with E-state index < -0.39 is 58.9 Å². The second kappa shape index (κ2) is 8.75. The molecule has 1 aromatic heterocycles. The number of carbonyl (C=O) groups is 1. The van der Waals surface area contributed by atoms with E-state index >= 15 is 0 Å². The Labute approximate surface area is 197 Å². The predicted octanol–water partition coefficient (Wildman–Crippen LogP) is 7.26. The van der Waals surface area contributed by atoms with E-state index in [1.54, 1.807) is 0 Å². The Morgan fingerprint density at radius 3 is 1.73 bits per heavy atom. The first kappa shape index (κ1) is 30.7. The van der Waals surface area contributed by atoms with E-state index in [9.17, 15) is 75.0 Å². The average molecular weight is 592 g/mol. The fraction of sp³-hybridized carbons (Fsp3) is 0.529. The molecule has 0 spiro atoms. The van der Waals surface area contributed by atoms with Gasteiger partial charge in [0, 0.05) is 0 Å². The van der Waals surface area contributed by atoms with Gasteiger partial charge in [0.2, 0.25) is 0 Å². The van der Waals surface area contributed by atoms with Crippen molar-refractivity contribution in [2.45, 2.75) is 54.8 Å². The first-order valence-corrected chi connectivity index (χ1v) is 9.73. The lowest BCUT2D eigenvalue weighted by Crippen LogP contribution is -2.74. The van der Waals surface area contributed by atoms with Crippen molar-refractivity contribution in [3.05, 3.63) is 23.8 Å². The van der Waals surface area contributed by atoms with Crippen molar-refractivity contribution >= 4 is 32.6 Å². The van der Waals surface area contributed by atoms with Gasteiger partial charge in [-0.3, -0.25) is 10.1 Å². The molecule has 1 amide bonds. The van der Waals surface area contributed by atoms with Crippen LogP contribution in [0.5, 0.6) is 0 Å². The second-order valence-electron chi connectivity index (χ2n) is 7.31. The Morgan fingerprint density at radius 2 is 1.24 bits per heavy atom. The molecule has 1 heterocycles. The number of alkyl halides is 16. The number of aromatic nitrogens is 1. The molecule has 0 fully saturated rings. The van der Waals surface area contributed by atoms with Crippen LogP contribution in [0.2, 0.25) is 0 Å². The largest absolute Gasteiger partial charge is 0.393 e. The highest BCUT2D eigenvalue weighted by atomic mass is 32.1. The first-order chi connectivity index (χ1) is 16.3. The highest BCUT2D eigenvalue weighted by Gasteiger charge is 2.94. The van der Waals surface area contributed by atoms with Crippen molar-refractivity contribution < 1.29 is 75.0 Å². The minimum atomic E-state index is -8.57. The summed E-state index contributed by atoms with van der Waals surface area (Å²) in [6.07, 6.45) is -5.93. The fourth-order valence-corrected chi connectivity index (χ4v) is 3.50. The van der Waals surface area contributed by atoms with E-state index in [1.807, 2.05) is 0 Å². The maximum atomic E-state index is 14.0. The van der Waals surface area contributed by atoms with Gasteiger partial charge >= 0.3 is 53.8 Å². The number of benzene rings is 1. The molecule has 20 heteroatoms. The number of hydrogen-bond acceptors (Lipinski definition) is 3. The lowest BCUT2D eigenvalue weighted by atomic mass is 9.89. The maximum absolute atomic E-state index is 14.0. The van der Waals surface area contributed by atoms with E-state index in [0.717, 1.165) is 5.32 Å². The third-order valence-electron chi connectivity index (χ3n) is 4.71. The predicted molar refractivity (Wildman–Crippen MR) is 93.6 cm³/mol. The quantitative estimate of drug-likeness (QED) is 0.312. The number of nitrogens with one attached hydrogen (secondary N) is 1. The third-order valence-corrected chi connectivity index (χ3v) is 5.65. The van der Waals surface area contributed by atoms with Crippen LogP contribution in [0.4, 0.5) is 75.4 Å². The summed E-state index contributed by atoms with van der Waals surface area (Å²) < 4.78 is 214. The highest BCUT2D eigenvalue weighted by molar-refractivity contribution is 7.22. The molecular weight excluding hydrogens is 584 g/mol. The third kappa shape index (κ3) is 4.23. The minimum Gasteiger partial charge on any atom is -0.296 e. The molecule has 2 aromatic rings. The molecule has 0 aliphatic carbocycles. The number of aryl methyl sites for hydroxylation is 1. The van der Waals surface area contributed by atoms with Gasteiger partial charge < -0.3 is 0 Å². The van der Waals surface area contributed by atoms with E-state index in [-0.39, 0.29) is 21.6 Å². The minimum absolute atomic E-state index is 0.0836. The molecule has 1 aromatic carbocycles. The van der Waals surface area contributed by atoms with Crippen molar-refractivity contribution in [3.63, 3.8) is 0 Å². The molecule has 2 rings (SSSR count). The van der Waals surface area contributed by atoms with Crippen LogP contribution in [0.15, 0.2) is 18.2 Å². The summed E-state index contributed by atoms with van der Waals surface area (Å²) in [7, 11) is 0. The summed E-state index contributed by atoms with van der Waals surface area (Å²) >= 11 is 0.262. The number of rotatable bonds is 9. The van der Waals surface area contributed by atoms with Crippen LogP contribution in [0.3, 0.4) is 0 Å². The summed E-state index contributed by atoms with van der Waals surface area (Å²) in [5.41, 5.74) is 0.433. The van der Waals surface area contributed by atoms with Crippen molar-refractivity contribution in [2.75, 3.05) is 5.32 Å². The number of halogens is 16. The van der Waals surface area contributed by atoms with Crippen molar-refractivity contribution in [1.82, 2.24) is 4.98 Å². The van der Waals surface area contributed by atoms with Gasteiger partial charge in [0.05, 0.1) is 10.2 Å². The average Bonchev–Trinajstić information content (AvgIpc) is 3.13. The number of nitrogens with zero attached hydrogens (tertiary/aromatic N) is 1. The normalized spacial score (nSPS) is 15.0. The van der Waals surface area contributed by atoms with Gasteiger partial charge in [-0.05, 0) is 24.6 Å². The van der Waals surface area contributed by atoms with Gasteiger partial charge in [-0.1, -0.05) is 17.4 Å². The van der Waals surface area contributed by atoms with E-state index in [2.05, 4.69) is 4.98 Å². The number of amides is 1. The van der Waals surface area contributed by atoms with E-state index in [4.69, 9.17) is 0 Å². The molecule has 0 aliphatic heterocycles. The number of fused-ring (bicyclic) bond motifs is 1. The van der Waals surface area contributed by atoms with Gasteiger partial charge in [-0.2, -0.15) is 61.5 Å². The highest BCUT2D eigenvalue weighted by Crippen LogP contribution is 2.62. The van der Waals surface area contributed by atoms with Crippen LogP contribution in [-0.2, 0) is 4.79 Å². The number of thiazole rings is 1. The number of anilines is 1. The summed E-state index contributed by atoms with van der Waals surface area (Å²) in [5, 5.41) is -0.189. The summed E-state index contributed by atoms with van der Waals surface area (Å²) in [6.45, 7) is 1.50. The van der Waals surface area contributed by atoms with Crippen LogP contribution in [0.25, 0.3) is 10.2 Å². The van der Waals surface area contributed by atoms with Gasteiger partial charge in [0.15, 0.2) is 5.13 Å². The second-order valence-corrected chi connectivity index (χ2v) is 8.34. The zero-order valence-electron chi connectivity index (χ0n) is 17.1. The smallest absolute Gasteiger partial charge is 0.296 e. The van der Waals surface area contributed by atoms with Gasteiger partial charge in [0.1, 0.15) is 0 Å². The zero-order chi connectivity index (χ0) is 29.2. The van der Waals surface area contributed by atoms with Crippen molar-refractivity contribution in [2.24, 2.45) is 0 Å². The SMILES string of the molecule is Cc1ccc2nc(NC(=O)C(F)(F)C(F)(F)C(F)(F)C(F)(F)C(F)(F)C(F)(F)C(F)(F)C(F)F)sc2c1. The summed E-state index contributed by atoms with van der Waals surface area (Å²) in [5.74, 6) is -59.9. The summed E-state index contributed by atoms with van der Waals surface area (Å²) in [4.78, 5) is 15.0. The standard InChI is InChI=1S/C17H8F16N2OS/c1-5-2-3-6-7(4-5)37-10(34-6)35-9(36)12(22,23)14(26,27)16(30,31)17(32,33)15(28,29)13(24,25)11(20,21)8(18)19/h2-4,8H,1H3,(H,34,35,36). The molecule has 0 atom stereocenters. The van der Waals surface area contributed by atoms with Gasteiger partial charge in [0.25, 0.3) is 0 Å². The molecular formula is C17H8F16N2OS. The Kier molecular flexibility index (Phi) is 7.26. The Morgan fingerprint density at radius 1 is 0.784 bits per heavy atom. The van der Waals surface area contributed by atoms with Crippen molar-refractivity contribution in [1.29, 1.82) is 0 Å². The van der Waals surface area contributed by atoms with Crippen LogP contribution in [0, 0.1) is 6.92 Å². The summed E-state index contributed by atoms with van der Waals surface area (Å²) in [6, 6.07) is 3.89. The van der Waals surface area contributed by atoms with Crippen LogP contribution in [0.1, 0.15) is 5.56 Å². The molecule has 37 heavy (non-hydrogen) atoms. The maximum Gasteiger partial charge on any atom is 0.393 e. The van der Waals surface area contributed by atoms with Gasteiger partial charge in [-0.25, -0.2) is 13.8 Å². The first-order valence-electron chi connectivity index (χ1n) is 8.92. The van der Waals surface area contributed by atoms with Crippen LogP contribution < -0.4 is 5.32 Å². The van der Waals surface area contributed by atoms with Crippen LogP contribution >= 0.6 is 11.3 Å². The zero-order valence-corrected chi connectivity index (χ0v) is 17.9. The monoisotopic (exact) mass is 592 g/mol. The Hall–Kier alpha value is -2.54. The molecule has 0 saturated carbocycles. The lowest BCUT2D eigenvalue weighted by molar-refractivity contribution is -0.443. The van der Waals surface area contributed by atoms with Gasteiger partial charge in [-0.15, -0.1) is 0 Å². The molecule has 1 N–H and O–H groups in total. The molecule has 3 nitrogen and oxygen atoms in total. The fourth-order valence-electron chi connectivity index (χ4n) is 2.54. The Balaban J connectivity index is 2.50. The number of carbonyl (C=O) groups excluding carboxylic acids is 1. The molecule has 0 saturated heterocycles. The van der Waals surface area contributed by atoms with E-state index in [1.165, 1.54) is 25.1 Å². The van der Waals surface area contributed by atoms with Crippen molar-refractivity contribution in [3.8, 4) is 0 Å². The molecule has 0 aliphatic rings. The molecule has 210 valence electrons. The molecule has 0 unspecified atom stereocenters. The molecule has 0 bridgehead atoms. The van der Waals surface area contributed by atoms with E-state index in [0.29, 0.717) is 5.56 Å².